The summed E-state index contributed by atoms with van der Waals surface area (Å²) in [6.07, 6.45) is 0. The SMILES string of the molecule is Oc1cc2ccccc2cc1-c1ccc2ccccc2n1. The summed E-state index contributed by atoms with van der Waals surface area (Å²) in [5, 5.41) is 13.5. The van der Waals surface area contributed by atoms with Crippen molar-refractivity contribution >= 4 is 21.7 Å². The van der Waals surface area contributed by atoms with Crippen LogP contribution in [0.5, 0.6) is 5.75 Å². The standard InChI is InChI=1S/C19H13NO/c21-19-12-15-7-2-1-6-14(15)11-16(19)18-10-9-13-5-3-4-8-17(13)20-18/h1-12,21H. The van der Waals surface area contributed by atoms with Crippen LogP contribution in [0.2, 0.25) is 0 Å². The van der Waals surface area contributed by atoms with Crippen molar-refractivity contribution in [3.05, 3.63) is 72.8 Å². The summed E-state index contributed by atoms with van der Waals surface area (Å²) >= 11 is 0. The van der Waals surface area contributed by atoms with Gasteiger partial charge in [0.05, 0.1) is 11.2 Å². The molecule has 0 bridgehead atoms. The molecule has 0 saturated carbocycles. The predicted molar refractivity (Wildman–Crippen MR) is 86.3 cm³/mol. The van der Waals surface area contributed by atoms with Crippen LogP contribution < -0.4 is 0 Å². The Hall–Kier alpha value is -2.87. The molecule has 0 aliphatic heterocycles. The van der Waals surface area contributed by atoms with E-state index in [4.69, 9.17) is 0 Å². The van der Waals surface area contributed by atoms with Gasteiger partial charge in [0.15, 0.2) is 0 Å². The summed E-state index contributed by atoms with van der Waals surface area (Å²) in [5.74, 6) is 0.261. The molecule has 0 radical (unpaired) electrons. The van der Waals surface area contributed by atoms with Gasteiger partial charge in [0.25, 0.3) is 0 Å². The highest BCUT2D eigenvalue weighted by Crippen LogP contribution is 2.33. The summed E-state index contributed by atoms with van der Waals surface area (Å²) in [6, 6.07) is 23.8. The van der Waals surface area contributed by atoms with Gasteiger partial charge in [0, 0.05) is 10.9 Å². The van der Waals surface area contributed by atoms with Crippen LogP contribution in [-0.4, -0.2) is 10.1 Å². The Morgan fingerprint density at radius 2 is 1.33 bits per heavy atom. The van der Waals surface area contributed by atoms with Crippen LogP contribution in [0.3, 0.4) is 0 Å². The van der Waals surface area contributed by atoms with Crippen LogP contribution in [0, 0.1) is 0 Å². The fourth-order valence-electron chi connectivity index (χ4n) is 2.65. The van der Waals surface area contributed by atoms with Crippen LogP contribution >= 0.6 is 0 Å². The lowest BCUT2D eigenvalue weighted by atomic mass is 10.0. The largest absolute Gasteiger partial charge is 0.507 e. The Kier molecular flexibility index (Phi) is 2.61. The minimum Gasteiger partial charge on any atom is -0.507 e. The number of para-hydroxylation sites is 1. The van der Waals surface area contributed by atoms with Gasteiger partial charge in [0.2, 0.25) is 0 Å². The van der Waals surface area contributed by atoms with Gasteiger partial charge in [0.1, 0.15) is 5.75 Å². The minimum atomic E-state index is 0.261. The van der Waals surface area contributed by atoms with Crippen LogP contribution in [-0.2, 0) is 0 Å². The zero-order valence-corrected chi connectivity index (χ0v) is 11.3. The fraction of sp³-hybridized carbons (Fsp3) is 0. The molecule has 0 aliphatic rings. The molecule has 100 valence electrons. The topological polar surface area (TPSA) is 33.1 Å². The lowest BCUT2D eigenvalue weighted by Crippen LogP contribution is -1.86. The van der Waals surface area contributed by atoms with Gasteiger partial charge in [-0.2, -0.15) is 0 Å². The van der Waals surface area contributed by atoms with E-state index in [0.29, 0.717) is 0 Å². The maximum absolute atomic E-state index is 10.3. The van der Waals surface area contributed by atoms with E-state index in [-0.39, 0.29) is 5.75 Å². The highest BCUT2D eigenvalue weighted by molar-refractivity contribution is 5.91. The maximum Gasteiger partial charge on any atom is 0.125 e. The van der Waals surface area contributed by atoms with Crippen LogP contribution in [0.15, 0.2) is 72.8 Å². The van der Waals surface area contributed by atoms with Crippen LogP contribution in [0.1, 0.15) is 0 Å². The molecule has 0 amide bonds. The van der Waals surface area contributed by atoms with Crippen molar-refractivity contribution in [1.29, 1.82) is 0 Å². The zero-order chi connectivity index (χ0) is 14.2. The number of phenolic OH excluding ortho intramolecular Hbond substituents is 1. The van der Waals surface area contributed by atoms with E-state index >= 15 is 0 Å². The lowest BCUT2D eigenvalue weighted by Gasteiger charge is -2.08. The van der Waals surface area contributed by atoms with Crippen molar-refractivity contribution in [3.63, 3.8) is 0 Å². The molecule has 0 fully saturated rings. The molecule has 1 aromatic heterocycles. The van der Waals surface area contributed by atoms with Crippen molar-refractivity contribution in [1.82, 2.24) is 4.98 Å². The van der Waals surface area contributed by atoms with E-state index in [1.54, 1.807) is 6.07 Å². The third-order valence-corrected chi connectivity index (χ3v) is 3.74. The molecule has 3 aromatic carbocycles. The summed E-state index contributed by atoms with van der Waals surface area (Å²) in [6.45, 7) is 0. The Morgan fingerprint density at radius 1 is 0.667 bits per heavy atom. The van der Waals surface area contributed by atoms with Gasteiger partial charge in [-0.15, -0.1) is 0 Å². The maximum atomic E-state index is 10.3. The molecule has 2 nitrogen and oxygen atoms in total. The second kappa shape index (κ2) is 4.60. The number of pyridine rings is 1. The quantitative estimate of drug-likeness (QED) is 0.541. The molecule has 4 aromatic rings. The molecule has 4 rings (SSSR count). The highest BCUT2D eigenvalue weighted by atomic mass is 16.3. The molecule has 0 saturated heterocycles. The van der Waals surface area contributed by atoms with Gasteiger partial charge >= 0.3 is 0 Å². The number of fused-ring (bicyclic) bond motifs is 2. The number of aromatic nitrogens is 1. The normalized spacial score (nSPS) is 11.0. The van der Waals surface area contributed by atoms with Crippen molar-refractivity contribution in [3.8, 4) is 17.0 Å². The first-order valence-electron chi connectivity index (χ1n) is 6.89. The van der Waals surface area contributed by atoms with E-state index in [1.165, 1.54) is 0 Å². The Morgan fingerprint density at radius 3 is 2.14 bits per heavy atom. The lowest BCUT2D eigenvalue weighted by molar-refractivity contribution is 0.478. The number of phenols is 1. The fourth-order valence-corrected chi connectivity index (χ4v) is 2.65. The van der Waals surface area contributed by atoms with Gasteiger partial charge in [-0.25, -0.2) is 4.98 Å². The van der Waals surface area contributed by atoms with E-state index < -0.39 is 0 Å². The number of benzene rings is 3. The van der Waals surface area contributed by atoms with Crippen LogP contribution in [0.25, 0.3) is 32.9 Å². The molecule has 0 spiro atoms. The molecule has 1 heterocycles. The molecule has 0 unspecified atom stereocenters. The molecule has 21 heavy (non-hydrogen) atoms. The van der Waals surface area contributed by atoms with E-state index in [9.17, 15) is 5.11 Å². The third kappa shape index (κ3) is 2.01. The third-order valence-electron chi connectivity index (χ3n) is 3.74. The van der Waals surface area contributed by atoms with Crippen molar-refractivity contribution < 1.29 is 5.11 Å². The van der Waals surface area contributed by atoms with Gasteiger partial charge in [-0.1, -0.05) is 48.5 Å². The average Bonchev–Trinajstić information content (AvgIpc) is 2.54. The van der Waals surface area contributed by atoms with Crippen molar-refractivity contribution in [2.24, 2.45) is 0 Å². The number of rotatable bonds is 1. The number of hydrogen-bond donors (Lipinski definition) is 1. The first-order chi connectivity index (χ1) is 10.3. The van der Waals surface area contributed by atoms with Crippen molar-refractivity contribution in [2.75, 3.05) is 0 Å². The summed E-state index contributed by atoms with van der Waals surface area (Å²) in [7, 11) is 0. The molecule has 0 aliphatic carbocycles. The Bertz CT molecular complexity index is 960. The van der Waals surface area contributed by atoms with Gasteiger partial charge in [-0.3, -0.25) is 0 Å². The molecule has 2 heteroatoms. The van der Waals surface area contributed by atoms with E-state index in [2.05, 4.69) is 4.98 Å². The molecule has 0 atom stereocenters. The first kappa shape index (κ1) is 11.9. The smallest absolute Gasteiger partial charge is 0.125 e. The van der Waals surface area contributed by atoms with Crippen LogP contribution in [0.4, 0.5) is 0 Å². The van der Waals surface area contributed by atoms with Gasteiger partial charge in [-0.05, 0) is 35.0 Å². The van der Waals surface area contributed by atoms with Gasteiger partial charge < -0.3 is 5.11 Å². The average molecular weight is 271 g/mol. The molecular formula is C19H13NO. The van der Waals surface area contributed by atoms with E-state index in [1.807, 2.05) is 66.7 Å². The number of hydrogen-bond acceptors (Lipinski definition) is 2. The monoisotopic (exact) mass is 271 g/mol. The molecular weight excluding hydrogens is 258 g/mol. The first-order valence-corrected chi connectivity index (χ1v) is 6.89. The highest BCUT2D eigenvalue weighted by Gasteiger charge is 2.08. The number of aromatic hydroxyl groups is 1. The van der Waals surface area contributed by atoms with E-state index in [0.717, 1.165) is 32.9 Å². The van der Waals surface area contributed by atoms with Crippen molar-refractivity contribution in [2.45, 2.75) is 0 Å². The second-order valence-electron chi connectivity index (χ2n) is 5.11. The Balaban J connectivity index is 1.96. The second-order valence-corrected chi connectivity index (χ2v) is 5.11. The zero-order valence-electron chi connectivity index (χ0n) is 11.3. The summed E-state index contributed by atoms with van der Waals surface area (Å²) < 4.78 is 0. The number of nitrogens with zero attached hydrogens (tertiary/aromatic N) is 1. The predicted octanol–water partition coefficient (Wildman–Crippen LogP) is 4.76. The minimum absolute atomic E-state index is 0.261. The summed E-state index contributed by atoms with van der Waals surface area (Å²) in [5.41, 5.74) is 2.49. The summed E-state index contributed by atoms with van der Waals surface area (Å²) in [4.78, 5) is 4.65. The Labute approximate surface area is 122 Å². The molecule has 1 N–H and O–H groups in total.